The summed E-state index contributed by atoms with van der Waals surface area (Å²) in [6, 6.07) is 13.5. The van der Waals surface area contributed by atoms with Gasteiger partial charge in [0, 0.05) is 12.6 Å². The van der Waals surface area contributed by atoms with E-state index in [4.69, 9.17) is 4.74 Å². The monoisotopic (exact) mass is 503 g/mol. The molecule has 2 aromatic rings. The van der Waals surface area contributed by atoms with Crippen molar-refractivity contribution < 1.29 is 22.7 Å². The fourth-order valence-electron chi connectivity index (χ4n) is 3.73. The van der Waals surface area contributed by atoms with Crippen molar-refractivity contribution in [2.75, 3.05) is 23.7 Å². The van der Waals surface area contributed by atoms with Crippen molar-refractivity contribution in [2.24, 2.45) is 0 Å². The molecule has 35 heavy (non-hydrogen) atoms. The van der Waals surface area contributed by atoms with Gasteiger partial charge >= 0.3 is 0 Å². The maximum Gasteiger partial charge on any atom is 0.244 e. The van der Waals surface area contributed by atoms with Crippen molar-refractivity contribution in [1.29, 1.82) is 0 Å². The van der Waals surface area contributed by atoms with E-state index >= 15 is 0 Å². The number of hydrogen-bond donors (Lipinski definition) is 1. The van der Waals surface area contributed by atoms with Crippen molar-refractivity contribution in [3.8, 4) is 5.75 Å². The molecule has 1 N–H and O–H groups in total. The molecule has 192 valence electrons. The summed E-state index contributed by atoms with van der Waals surface area (Å²) in [5, 5.41) is 2.88. The number of hydrogen-bond acceptors (Lipinski definition) is 5. The summed E-state index contributed by atoms with van der Waals surface area (Å²) in [5.74, 6) is -0.389. The fraction of sp³-hybridized carbons (Fsp3) is 0.462. The molecule has 0 aromatic heterocycles. The normalized spacial score (nSPS) is 12.2. The van der Waals surface area contributed by atoms with Crippen LogP contribution < -0.4 is 14.4 Å². The van der Waals surface area contributed by atoms with Gasteiger partial charge < -0.3 is 15.0 Å². The zero-order valence-corrected chi connectivity index (χ0v) is 22.3. The molecular weight excluding hydrogens is 466 g/mol. The molecule has 0 fully saturated rings. The summed E-state index contributed by atoms with van der Waals surface area (Å²) in [4.78, 5) is 28.2. The Morgan fingerprint density at radius 1 is 1.03 bits per heavy atom. The molecule has 0 saturated heterocycles. The molecule has 0 heterocycles. The van der Waals surface area contributed by atoms with Gasteiger partial charge in [-0.25, -0.2) is 8.42 Å². The third-order valence-corrected chi connectivity index (χ3v) is 6.53. The molecule has 0 radical (unpaired) electrons. The van der Waals surface area contributed by atoms with Crippen LogP contribution in [0.1, 0.15) is 45.2 Å². The maximum absolute atomic E-state index is 13.7. The van der Waals surface area contributed by atoms with E-state index in [0.717, 1.165) is 21.7 Å². The summed E-state index contributed by atoms with van der Waals surface area (Å²) in [7, 11) is -3.83. The summed E-state index contributed by atoms with van der Waals surface area (Å²) in [6.45, 7) is 9.37. The van der Waals surface area contributed by atoms with Crippen LogP contribution in [0.3, 0.4) is 0 Å². The predicted molar refractivity (Wildman–Crippen MR) is 139 cm³/mol. The minimum absolute atomic E-state index is 0.0986. The van der Waals surface area contributed by atoms with Gasteiger partial charge in [0.1, 0.15) is 18.3 Å². The number of ether oxygens (including phenoxy) is 1. The Hall–Kier alpha value is -3.07. The largest absolute Gasteiger partial charge is 0.492 e. The second-order valence-electron chi connectivity index (χ2n) is 8.76. The molecular formula is C26H37N3O5S. The molecule has 0 aliphatic heterocycles. The van der Waals surface area contributed by atoms with Gasteiger partial charge in [0.2, 0.25) is 21.8 Å². The Morgan fingerprint density at radius 3 is 2.20 bits per heavy atom. The molecule has 0 spiro atoms. The highest BCUT2D eigenvalue weighted by Gasteiger charge is 2.32. The number of carbonyl (C=O) groups is 2. The van der Waals surface area contributed by atoms with Crippen LogP contribution >= 0.6 is 0 Å². The van der Waals surface area contributed by atoms with E-state index in [2.05, 4.69) is 5.32 Å². The number of rotatable bonds is 12. The highest BCUT2D eigenvalue weighted by molar-refractivity contribution is 7.92. The predicted octanol–water partition coefficient (Wildman–Crippen LogP) is 3.49. The van der Waals surface area contributed by atoms with Crippen LogP contribution in [0, 0.1) is 6.92 Å². The lowest BCUT2D eigenvalue weighted by molar-refractivity contribution is -0.140. The first-order chi connectivity index (χ1) is 16.5. The summed E-state index contributed by atoms with van der Waals surface area (Å²) >= 11 is 0. The van der Waals surface area contributed by atoms with E-state index in [1.54, 1.807) is 31.2 Å². The Bertz CT molecular complexity index is 1100. The second-order valence-corrected chi connectivity index (χ2v) is 10.7. The topological polar surface area (TPSA) is 96.0 Å². The zero-order chi connectivity index (χ0) is 26.2. The molecule has 2 rings (SSSR count). The maximum atomic E-state index is 13.7. The van der Waals surface area contributed by atoms with Crippen LogP contribution in [0.4, 0.5) is 5.69 Å². The van der Waals surface area contributed by atoms with Gasteiger partial charge in [-0.1, -0.05) is 48.9 Å². The molecule has 1 atom stereocenters. The van der Waals surface area contributed by atoms with Gasteiger partial charge in [-0.2, -0.15) is 0 Å². The first-order valence-corrected chi connectivity index (χ1v) is 13.7. The van der Waals surface area contributed by atoms with Crippen LogP contribution in [-0.4, -0.2) is 56.6 Å². The third-order valence-electron chi connectivity index (χ3n) is 5.40. The van der Waals surface area contributed by atoms with Crippen molar-refractivity contribution in [3.63, 3.8) is 0 Å². The van der Waals surface area contributed by atoms with Gasteiger partial charge in [0.15, 0.2) is 0 Å². The molecule has 0 saturated carbocycles. The number of anilines is 1. The Balaban J connectivity index is 2.47. The highest BCUT2D eigenvalue weighted by Crippen LogP contribution is 2.30. The third kappa shape index (κ3) is 7.99. The molecule has 0 aliphatic rings. The van der Waals surface area contributed by atoms with E-state index < -0.39 is 28.5 Å². The number of aryl methyl sites for hydroxylation is 1. The number of para-hydroxylation sites is 2. The first kappa shape index (κ1) is 28.2. The SMILES string of the molecule is CCOc1ccccc1N(CC(=O)N(Cc1ccc(C)cc1)[C@H](CC)C(=O)NC(C)C)S(C)(=O)=O. The smallest absolute Gasteiger partial charge is 0.244 e. The fourth-order valence-corrected chi connectivity index (χ4v) is 4.58. The van der Waals surface area contributed by atoms with Gasteiger partial charge in [-0.15, -0.1) is 0 Å². The van der Waals surface area contributed by atoms with E-state index in [9.17, 15) is 18.0 Å². The number of benzene rings is 2. The van der Waals surface area contributed by atoms with E-state index in [1.165, 1.54) is 4.90 Å². The van der Waals surface area contributed by atoms with Crippen LogP contribution in [-0.2, 0) is 26.2 Å². The molecule has 0 aliphatic carbocycles. The molecule has 9 heteroatoms. The number of carbonyl (C=O) groups excluding carboxylic acids is 2. The quantitative estimate of drug-likeness (QED) is 0.478. The van der Waals surface area contributed by atoms with Crippen LogP contribution in [0.15, 0.2) is 48.5 Å². The Labute approximate surface area is 209 Å². The second kappa shape index (κ2) is 12.6. The summed E-state index contributed by atoms with van der Waals surface area (Å²) < 4.78 is 32.2. The lowest BCUT2D eigenvalue weighted by atomic mass is 10.1. The molecule has 0 bridgehead atoms. The number of amides is 2. The lowest BCUT2D eigenvalue weighted by Gasteiger charge is -2.33. The van der Waals surface area contributed by atoms with Gasteiger partial charge in [0.25, 0.3) is 0 Å². The Kier molecular flexibility index (Phi) is 10.1. The van der Waals surface area contributed by atoms with Crippen molar-refractivity contribution in [1.82, 2.24) is 10.2 Å². The zero-order valence-electron chi connectivity index (χ0n) is 21.4. The average Bonchev–Trinajstić information content (AvgIpc) is 2.78. The van der Waals surface area contributed by atoms with E-state index in [1.807, 2.05) is 52.0 Å². The highest BCUT2D eigenvalue weighted by atomic mass is 32.2. The van der Waals surface area contributed by atoms with E-state index in [-0.39, 0.29) is 24.2 Å². The van der Waals surface area contributed by atoms with Crippen molar-refractivity contribution in [3.05, 3.63) is 59.7 Å². The average molecular weight is 504 g/mol. The van der Waals surface area contributed by atoms with Crippen molar-refractivity contribution in [2.45, 2.75) is 59.7 Å². The van der Waals surface area contributed by atoms with Crippen LogP contribution in [0.2, 0.25) is 0 Å². The standard InChI is InChI=1S/C26H37N3O5S/c1-7-22(26(31)27-19(3)4)28(17-21-15-13-20(5)14-16-21)25(30)18-29(35(6,32)33)23-11-9-10-12-24(23)34-8-2/h9-16,19,22H,7-8,17-18H2,1-6H3,(H,27,31)/t22-/m1/s1. The van der Waals surface area contributed by atoms with Crippen LogP contribution in [0.25, 0.3) is 0 Å². The Morgan fingerprint density at radius 2 is 1.66 bits per heavy atom. The number of nitrogens with zero attached hydrogens (tertiary/aromatic N) is 2. The molecule has 2 amide bonds. The van der Waals surface area contributed by atoms with Crippen molar-refractivity contribution >= 4 is 27.5 Å². The van der Waals surface area contributed by atoms with Gasteiger partial charge in [-0.3, -0.25) is 13.9 Å². The lowest BCUT2D eigenvalue weighted by Crippen LogP contribution is -2.53. The minimum atomic E-state index is -3.83. The van der Waals surface area contributed by atoms with Gasteiger partial charge in [0.05, 0.1) is 18.6 Å². The number of sulfonamides is 1. The minimum Gasteiger partial charge on any atom is -0.492 e. The molecule has 0 unspecified atom stereocenters. The molecule has 8 nitrogen and oxygen atoms in total. The summed E-state index contributed by atoms with van der Waals surface area (Å²) in [5.41, 5.74) is 2.20. The van der Waals surface area contributed by atoms with Gasteiger partial charge in [-0.05, 0) is 51.8 Å². The van der Waals surface area contributed by atoms with E-state index in [0.29, 0.717) is 18.8 Å². The van der Waals surface area contributed by atoms with Crippen LogP contribution in [0.5, 0.6) is 5.75 Å². The summed E-state index contributed by atoms with van der Waals surface area (Å²) in [6.07, 6.45) is 1.43. The molecule has 2 aromatic carbocycles. The first-order valence-electron chi connectivity index (χ1n) is 11.8. The number of nitrogens with one attached hydrogen (secondary N) is 1.